The third-order valence-electron chi connectivity index (χ3n) is 8.70. The van der Waals surface area contributed by atoms with E-state index < -0.39 is 0 Å². The Kier molecular flexibility index (Phi) is 12.0. The van der Waals surface area contributed by atoms with E-state index in [0.717, 1.165) is 36.2 Å². The van der Waals surface area contributed by atoms with Gasteiger partial charge in [0.1, 0.15) is 5.82 Å². The number of hydrogen-bond acceptors (Lipinski definition) is 0. The van der Waals surface area contributed by atoms with Gasteiger partial charge < -0.3 is 0 Å². The van der Waals surface area contributed by atoms with E-state index in [2.05, 4.69) is 38.1 Å². The zero-order valence-electron chi connectivity index (χ0n) is 21.8. The highest BCUT2D eigenvalue weighted by Gasteiger charge is 2.30. The maximum Gasteiger partial charge on any atom is 0.126 e. The Balaban J connectivity index is 1.62. The second kappa shape index (κ2) is 15.0. The third-order valence-corrected chi connectivity index (χ3v) is 8.70. The molecule has 1 aromatic carbocycles. The summed E-state index contributed by atoms with van der Waals surface area (Å²) in [5.74, 6) is 3.08. The molecule has 2 aliphatic rings. The summed E-state index contributed by atoms with van der Waals surface area (Å²) in [5, 5.41) is 0. The van der Waals surface area contributed by atoms with Crippen molar-refractivity contribution in [1.29, 1.82) is 0 Å². The summed E-state index contributed by atoms with van der Waals surface area (Å²) in [5.41, 5.74) is 2.23. The first-order chi connectivity index (χ1) is 16.2. The van der Waals surface area contributed by atoms with Crippen LogP contribution in [0.1, 0.15) is 140 Å². The van der Waals surface area contributed by atoms with Crippen molar-refractivity contribution in [3.8, 4) is 0 Å². The maximum absolute atomic E-state index is 15.1. The van der Waals surface area contributed by atoms with Gasteiger partial charge in [-0.1, -0.05) is 102 Å². The van der Waals surface area contributed by atoms with E-state index in [9.17, 15) is 0 Å². The zero-order valence-corrected chi connectivity index (χ0v) is 21.8. The number of benzene rings is 1. The number of hydrogen-bond donors (Lipinski definition) is 0. The highest BCUT2D eigenvalue weighted by atomic mass is 19.1. The van der Waals surface area contributed by atoms with Gasteiger partial charge in [0.05, 0.1) is 0 Å². The molecule has 0 saturated heterocycles. The van der Waals surface area contributed by atoms with E-state index in [1.165, 1.54) is 108 Å². The van der Waals surface area contributed by atoms with E-state index >= 15 is 4.39 Å². The predicted molar refractivity (Wildman–Crippen MR) is 142 cm³/mol. The van der Waals surface area contributed by atoms with Crippen molar-refractivity contribution in [3.05, 3.63) is 47.3 Å². The Labute approximate surface area is 204 Å². The first-order valence-electron chi connectivity index (χ1n) is 14.6. The minimum atomic E-state index is 0.0575. The topological polar surface area (TPSA) is 0 Å². The van der Waals surface area contributed by atoms with Gasteiger partial charge in [-0.3, -0.25) is 0 Å². The van der Waals surface area contributed by atoms with Crippen LogP contribution in [-0.4, -0.2) is 0 Å². The lowest BCUT2D eigenvalue weighted by atomic mass is 9.69. The first kappa shape index (κ1) is 26.5. The molecule has 33 heavy (non-hydrogen) atoms. The van der Waals surface area contributed by atoms with E-state index in [1.54, 1.807) is 0 Å². The molecular formula is C32H51F. The molecule has 1 fully saturated rings. The van der Waals surface area contributed by atoms with Crippen molar-refractivity contribution >= 4 is 0 Å². The van der Waals surface area contributed by atoms with Gasteiger partial charge >= 0.3 is 0 Å². The van der Waals surface area contributed by atoms with E-state index in [0.29, 0.717) is 5.92 Å². The molecule has 0 nitrogen and oxygen atoms in total. The molecule has 0 radical (unpaired) electrons. The molecule has 0 spiro atoms. The van der Waals surface area contributed by atoms with Crippen LogP contribution < -0.4 is 0 Å². The largest absolute Gasteiger partial charge is 0.207 e. The molecule has 3 rings (SSSR count). The van der Waals surface area contributed by atoms with Gasteiger partial charge in [-0.15, -0.1) is 0 Å². The van der Waals surface area contributed by atoms with Crippen LogP contribution in [0.5, 0.6) is 0 Å². The van der Waals surface area contributed by atoms with Crippen LogP contribution in [-0.2, 0) is 6.42 Å². The van der Waals surface area contributed by atoms with Crippen molar-refractivity contribution in [2.24, 2.45) is 17.8 Å². The van der Waals surface area contributed by atoms with E-state index in [-0.39, 0.29) is 5.82 Å². The molecular weight excluding hydrogens is 403 g/mol. The van der Waals surface area contributed by atoms with Gasteiger partial charge in [0.25, 0.3) is 0 Å². The summed E-state index contributed by atoms with van der Waals surface area (Å²) >= 11 is 0. The first-order valence-corrected chi connectivity index (χ1v) is 14.6. The molecule has 0 aliphatic heterocycles. The van der Waals surface area contributed by atoms with Gasteiger partial charge in [-0.05, 0) is 92.2 Å². The van der Waals surface area contributed by atoms with Crippen molar-refractivity contribution in [2.45, 2.75) is 135 Å². The van der Waals surface area contributed by atoms with Crippen molar-refractivity contribution in [2.75, 3.05) is 0 Å². The molecule has 0 N–H and O–H groups in total. The number of aryl methyl sites for hydroxylation is 1. The quantitative estimate of drug-likeness (QED) is 0.194. The van der Waals surface area contributed by atoms with Crippen LogP contribution in [0.15, 0.2) is 30.4 Å². The van der Waals surface area contributed by atoms with Crippen LogP contribution in [0, 0.1) is 23.6 Å². The fourth-order valence-corrected chi connectivity index (χ4v) is 6.51. The van der Waals surface area contributed by atoms with E-state index in [4.69, 9.17) is 0 Å². The number of halogens is 1. The third kappa shape index (κ3) is 8.88. The average Bonchev–Trinajstić information content (AvgIpc) is 2.85. The van der Waals surface area contributed by atoms with E-state index in [1.807, 2.05) is 6.07 Å². The Hall–Kier alpha value is -1.11. The minimum absolute atomic E-state index is 0.0575. The SMILES string of the molecule is CCCCCCc1ccc(C(CC2CC=CCC2)C2CCC(CCCCCC)CC2)cc1F. The Morgan fingerprint density at radius 3 is 2.24 bits per heavy atom. The number of rotatable bonds is 14. The lowest BCUT2D eigenvalue weighted by Crippen LogP contribution is -2.23. The highest BCUT2D eigenvalue weighted by Crippen LogP contribution is 2.44. The van der Waals surface area contributed by atoms with Gasteiger partial charge in [0, 0.05) is 0 Å². The van der Waals surface area contributed by atoms with Gasteiger partial charge in [-0.2, -0.15) is 0 Å². The summed E-state index contributed by atoms with van der Waals surface area (Å²) in [6, 6.07) is 6.37. The molecule has 186 valence electrons. The van der Waals surface area contributed by atoms with Crippen LogP contribution in [0.2, 0.25) is 0 Å². The fourth-order valence-electron chi connectivity index (χ4n) is 6.51. The molecule has 1 heteroatoms. The normalized spacial score (nSPS) is 24.2. The van der Waals surface area contributed by atoms with Crippen LogP contribution in [0.3, 0.4) is 0 Å². The Bertz CT molecular complexity index is 682. The Morgan fingerprint density at radius 1 is 0.818 bits per heavy atom. The fraction of sp³-hybridized carbons (Fsp3) is 0.750. The second-order valence-electron chi connectivity index (χ2n) is 11.3. The molecule has 0 aromatic heterocycles. The molecule has 1 aromatic rings. The molecule has 1 saturated carbocycles. The maximum atomic E-state index is 15.1. The lowest BCUT2D eigenvalue weighted by Gasteiger charge is -2.36. The molecule has 0 heterocycles. The summed E-state index contributed by atoms with van der Waals surface area (Å²) < 4.78 is 15.1. The predicted octanol–water partition coefficient (Wildman–Crippen LogP) is 10.6. The summed E-state index contributed by atoms with van der Waals surface area (Å²) in [6.45, 7) is 4.53. The standard InChI is InChI=1S/C32H51F/c1-3-5-7-10-14-26-18-20-28(21-19-26)31(24-27-15-11-9-12-16-27)30-23-22-29(32(33)25-30)17-13-8-6-4-2/h9,11,22-23,25-28,31H,3-8,10,12-21,24H2,1-2H3. The molecule has 2 aliphatic carbocycles. The van der Waals surface area contributed by atoms with Gasteiger partial charge in [0.2, 0.25) is 0 Å². The summed E-state index contributed by atoms with van der Waals surface area (Å²) in [6.07, 6.45) is 28.0. The monoisotopic (exact) mass is 454 g/mol. The minimum Gasteiger partial charge on any atom is -0.207 e. The highest BCUT2D eigenvalue weighted by molar-refractivity contribution is 5.28. The van der Waals surface area contributed by atoms with Gasteiger partial charge in [0.15, 0.2) is 0 Å². The molecule has 0 bridgehead atoms. The lowest BCUT2D eigenvalue weighted by molar-refractivity contribution is 0.209. The van der Waals surface area contributed by atoms with Crippen LogP contribution in [0.25, 0.3) is 0 Å². The molecule has 2 unspecified atom stereocenters. The van der Waals surface area contributed by atoms with Crippen molar-refractivity contribution < 1.29 is 4.39 Å². The molecule has 0 amide bonds. The smallest absolute Gasteiger partial charge is 0.126 e. The van der Waals surface area contributed by atoms with Crippen molar-refractivity contribution in [1.82, 2.24) is 0 Å². The van der Waals surface area contributed by atoms with Gasteiger partial charge in [-0.25, -0.2) is 4.39 Å². The Morgan fingerprint density at radius 2 is 1.58 bits per heavy atom. The van der Waals surface area contributed by atoms with Crippen LogP contribution in [0.4, 0.5) is 4.39 Å². The average molecular weight is 455 g/mol. The zero-order chi connectivity index (χ0) is 23.3. The second-order valence-corrected chi connectivity index (χ2v) is 11.3. The number of unbranched alkanes of at least 4 members (excludes halogenated alkanes) is 6. The summed E-state index contributed by atoms with van der Waals surface area (Å²) in [7, 11) is 0. The summed E-state index contributed by atoms with van der Waals surface area (Å²) in [4.78, 5) is 0. The number of allylic oxidation sites excluding steroid dienone is 2. The molecule has 2 atom stereocenters. The van der Waals surface area contributed by atoms with Crippen LogP contribution >= 0.6 is 0 Å². The van der Waals surface area contributed by atoms with Crippen molar-refractivity contribution in [3.63, 3.8) is 0 Å².